The quantitative estimate of drug-likeness (QED) is 0.556. The smallest absolute Gasteiger partial charge is 0.0599 e. The van der Waals surface area contributed by atoms with Crippen molar-refractivity contribution >= 4 is 0 Å². The van der Waals surface area contributed by atoms with Gasteiger partial charge in [0, 0.05) is 13.1 Å². The summed E-state index contributed by atoms with van der Waals surface area (Å²) in [6.07, 6.45) is 6.30. The Labute approximate surface area is 63.4 Å². The summed E-state index contributed by atoms with van der Waals surface area (Å²) < 4.78 is 0. The first-order valence-corrected chi connectivity index (χ1v) is 3.71. The average molecular weight is 140 g/mol. The molecule has 0 atom stereocenters. The predicted molar refractivity (Wildman–Crippen MR) is 44.6 cm³/mol. The van der Waals surface area contributed by atoms with Crippen LogP contribution in [0.25, 0.3) is 0 Å². The van der Waals surface area contributed by atoms with E-state index in [0.29, 0.717) is 6.54 Å². The number of nitrogens with two attached hydrogens (primary N) is 1. The summed E-state index contributed by atoms with van der Waals surface area (Å²) in [7, 11) is 0. The van der Waals surface area contributed by atoms with Crippen LogP contribution in [-0.4, -0.2) is 31.1 Å². The molecule has 0 amide bonds. The van der Waals surface area contributed by atoms with Crippen molar-refractivity contribution in [3.8, 4) is 12.3 Å². The zero-order chi connectivity index (χ0) is 7.82. The molecule has 0 rings (SSSR count). The topological polar surface area (TPSA) is 29.3 Å². The molecule has 2 nitrogen and oxygen atoms in total. The van der Waals surface area contributed by atoms with Crippen LogP contribution in [0.5, 0.6) is 0 Å². The van der Waals surface area contributed by atoms with E-state index in [9.17, 15) is 0 Å². The summed E-state index contributed by atoms with van der Waals surface area (Å²) in [5.74, 6) is 2.61. The van der Waals surface area contributed by atoms with Gasteiger partial charge in [-0.2, -0.15) is 0 Å². The Morgan fingerprint density at radius 2 is 2.20 bits per heavy atom. The molecule has 0 saturated heterocycles. The van der Waals surface area contributed by atoms with E-state index in [4.69, 9.17) is 12.2 Å². The molecule has 2 N–H and O–H groups in total. The van der Waals surface area contributed by atoms with Crippen LogP contribution in [-0.2, 0) is 0 Å². The molecule has 0 spiro atoms. The van der Waals surface area contributed by atoms with Crippen molar-refractivity contribution in [2.45, 2.75) is 13.3 Å². The fraction of sp³-hybridized carbons (Fsp3) is 0.750. The second-order valence-corrected chi connectivity index (χ2v) is 2.27. The van der Waals surface area contributed by atoms with Crippen molar-refractivity contribution in [3.63, 3.8) is 0 Å². The Kier molecular flexibility index (Phi) is 6.25. The fourth-order valence-corrected chi connectivity index (χ4v) is 0.898. The van der Waals surface area contributed by atoms with Crippen molar-refractivity contribution in [2.24, 2.45) is 5.73 Å². The number of hydrogen-bond donors (Lipinski definition) is 1. The van der Waals surface area contributed by atoms with E-state index < -0.39 is 0 Å². The normalized spacial score (nSPS) is 9.80. The maximum Gasteiger partial charge on any atom is 0.0599 e. The van der Waals surface area contributed by atoms with Crippen LogP contribution >= 0.6 is 0 Å². The molecular weight excluding hydrogens is 124 g/mol. The van der Waals surface area contributed by atoms with Crippen molar-refractivity contribution in [2.75, 3.05) is 26.2 Å². The van der Waals surface area contributed by atoms with E-state index in [2.05, 4.69) is 17.7 Å². The molecule has 0 saturated carbocycles. The van der Waals surface area contributed by atoms with Crippen molar-refractivity contribution in [1.82, 2.24) is 4.90 Å². The van der Waals surface area contributed by atoms with E-state index in [1.54, 1.807) is 0 Å². The highest BCUT2D eigenvalue weighted by molar-refractivity contribution is 4.87. The first-order chi connectivity index (χ1) is 4.85. The highest BCUT2D eigenvalue weighted by Gasteiger charge is 1.97. The molecule has 0 fully saturated rings. The van der Waals surface area contributed by atoms with Crippen molar-refractivity contribution in [3.05, 3.63) is 0 Å². The number of hydrogen-bond acceptors (Lipinski definition) is 2. The molecule has 0 aliphatic carbocycles. The largest absolute Gasteiger partial charge is 0.329 e. The second-order valence-electron chi connectivity index (χ2n) is 2.27. The summed E-state index contributed by atoms with van der Waals surface area (Å²) in [5, 5.41) is 0. The van der Waals surface area contributed by atoms with Crippen molar-refractivity contribution < 1.29 is 0 Å². The van der Waals surface area contributed by atoms with Gasteiger partial charge in [0.1, 0.15) is 0 Å². The molecule has 0 aromatic rings. The molecule has 0 aromatic heterocycles. The minimum absolute atomic E-state index is 0.696. The predicted octanol–water partition coefficient (Wildman–Crippen LogP) is 0.290. The Hall–Kier alpha value is -0.520. The van der Waals surface area contributed by atoms with Gasteiger partial charge >= 0.3 is 0 Å². The van der Waals surface area contributed by atoms with Gasteiger partial charge in [0.2, 0.25) is 0 Å². The maximum atomic E-state index is 5.38. The number of nitrogens with zero attached hydrogens (tertiary/aromatic N) is 1. The Morgan fingerprint density at radius 3 is 2.60 bits per heavy atom. The van der Waals surface area contributed by atoms with E-state index in [-0.39, 0.29) is 0 Å². The lowest BCUT2D eigenvalue weighted by Gasteiger charge is -2.16. The van der Waals surface area contributed by atoms with Gasteiger partial charge in [0.15, 0.2) is 0 Å². The van der Waals surface area contributed by atoms with Gasteiger partial charge < -0.3 is 5.73 Å². The molecule has 0 heterocycles. The average Bonchev–Trinajstić information content (AvgIpc) is 1.90. The van der Waals surface area contributed by atoms with Gasteiger partial charge in [-0.25, -0.2) is 0 Å². The van der Waals surface area contributed by atoms with Crippen molar-refractivity contribution in [1.29, 1.82) is 0 Å². The molecule has 0 aromatic carbocycles. The number of terminal acetylenes is 1. The minimum Gasteiger partial charge on any atom is -0.329 e. The van der Waals surface area contributed by atoms with Crippen LogP contribution in [0.1, 0.15) is 13.3 Å². The lowest BCUT2D eigenvalue weighted by atomic mass is 10.4. The van der Waals surface area contributed by atoms with E-state index in [0.717, 1.165) is 26.1 Å². The molecular formula is C8H16N2. The summed E-state index contributed by atoms with van der Waals surface area (Å²) in [5.41, 5.74) is 5.38. The monoisotopic (exact) mass is 140 g/mol. The van der Waals surface area contributed by atoms with Crippen LogP contribution < -0.4 is 5.73 Å². The van der Waals surface area contributed by atoms with Gasteiger partial charge in [-0.05, 0) is 13.0 Å². The number of rotatable bonds is 5. The Bertz CT molecular complexity index is 98.3. The third kappa shape index (κ3) is 4.37. The Morgan fingerprint density at radius 1 is 1.50 bits per heavy atom. The van der Waals surface area contributed by atoms with Gasteiger partial charge in [-0.1, -0.05) is 12.8 Å². The summed E-state index contributed by atoms with van der Waals surface area (Å²) in [6, 6.07) is 0. The third-order valence-corrected chi connectivity index (χ3v) is 1.30. The zero-order valence-electron chi connectivity index (χ0n) is 6.64. The highest BCUT2D eigenvalue weighted by atomic mass is 15.1. The van der Waals surface area contributed by atoms with E-state index in [1.165, 1.54) is 0 Å². The minimum atomic E-state index is 0.696. The zero-order valence-corrected chi connectivity index (χ0v) is 6.64. The van der Waals surface area contributed by atoms with Crippen LogP contribution in [0.2, 0.25) is 0 Å². The summed E-state index contributed by atoms with van der Waals surface area (Å²) in [6.45, 7) is 5.53. The Balaban J connectivity index is 3.42. The fourth-order valence-electron chi connectivity index (χ4n) is 0.898. The van der Waals surface area contributed by atoms with Crippen LogP contribution in [0.15, 0.2) is 0 Å². The molecule has 0 aliphatic rings. The van der Waals surface area contributed by atoms with Gasteiger partial charge in [-0.3, -0.25) is 4.90 Å². The lowest BCUT2D eigenvalue weighted by molar-refractivity contribution is 0.316. The van der Waals surface area contributed by atoms with Gasteiger partial charge in [0.05, 0.1) is 6.54 Å². The van der Waals surface area contributed by atoms with Gasteiger partial charge in [0.25, 0.3) is 0 Å². The van der Waals surface area contributed by atoms with Crippen LogP contribution in [0.3, 0.4) is 0 Å². The highest BCUT2D eigenvalue weighted by Crippen LogP contribution is 1.87. The maximum absolute atomic E-state index is 5.38. The molecule has 0 bridgehead atoms. The second kappa shape index (κ2) is 6.60. The van der Waals surface area contributed by atoms with Crippen LogP contribution in [0.4, 0.5) is 0 Å². The van der Waals surface area contributed by atoms with Crippen LogP contribution in [0, 0.1) is 12.3 Å². The SMILES string of the molecule is C#CCN(CCC)CCN. The molecule has 0 aliphatic heterocycles. The summed E-state index contributed by atoms with van der Waals surface area (Å²) >= 11 is 0. The van der Waals surface area contributed by atoms with E-state index >= 15 is 0 Å². The molecule has 0 unspecified atom stereocenters. The molecule has 58 valence electrons. The third-order valence-electron chi connectivity index (χ3n) is 1.30. The molecule has 0 radical (unpaired) electrons. The standard InChI is InChI=1S/C8H16N2/c1-3-6-10(7-4-2)8-5-9/h1H,4-9H2,2H3. The first kappa shape index (κ1) is 9.48. The first-order valence-electron chi connectivity index (χ1n) is 3.71. The lowest BCUT2D eigenvalue weighted by Crippen LogP contribution is -2.30. The van der Waals surface area contributed by atoms with E-state index in [1.807, 2.05) is 0 Å². The summed E-state index contributed by atoms with van der Waals surface area (Å²) in [4.78, 5) is 2.18. The molecule has 10 heavy (non-hydrogen) atoms. The molecule has 2 heteroatoms. The van der Waals surface area contributed by atoms with Gasteiger partial charge in [-0.15, -0.1) is 6.42 Å².